The van der Waals surface area contributed by atoms with Crippen LogP contribution in [0.3, 0.4) is 0 Å². The molecular weight excluding hydrogens is 567 g/mol. The Morgan fingerprint density at radius 2 is 1.85 bits per heavy atom. The van der Waals surface area contributed by atoms with E-state index >= 15 is 0 Å². The molecule has 0 radical (unpaired) electrons. The summed E-state index contributed by atoms with van der Waals surface area (Å²) >= 11 is 12.4. The number of rotatable bonds is 9. The predicted molar refractivity (Wildman–Crippen MR) is 159 cm³/mol. The molecule has 0 aliphatic carbocycles. The van der Waals surface area contributed by atoms with Crippen LogP contribution in [0.2, 0.25) is 10.0 Å². The van der Waals surface area contributed by atoms with Gasteiger partial charge in [-0.2, -0.15) is 0 Å². The van der Waals surface area contributed by atoms with E-state index in [1.54, 1.807) is 48.7 Å². The van der Waals surface area contributed by atoms with Gasteiger partial charge in [-0.15, -0.1) is 0 Å². The van der Waals surface area contributed by atoms with Crippen LogP contribution in [0, 0.1) is 0 Å². The Balaban J connectivity index is 1.28. The second kappa shape index (κ2) is 13.0. The third-order valence-electron chi connectivity index (χ3n) is 6.77. The minimum Gasteiger partial charge on any atom is -0.423 e. The van der Waals surface area contributed by atoms with Gasteiger partial charge < -0.3 is 26.0 Å². The molecule has 1 aromatic heterocycles. The number of hydrogen-bond acceptors (Lipinski definition) is 8. The monoisotopic (exact) mass is 596 g/mol. The highest BCUT2D eigenvalue weighted by Crippen LogP contribution is 2.35. The number of aromatic nitrogens is 2. The summed E-state index contributed by atoms with van der Waals surface area (Å²) in [5, 5.41) is 6.47. The van der Waals surface area contributed by atoms with E-state index in [0.717, 1.165) is 6.08 Å². The number of amides is 2. The van der Waals surface area contributed by atoms with Gasteiger partial charge in [-0.05, 0) is 31.9 Å². The minimum atomic E-state index is -0.600. The van der Waals surface area contributed by atoms with Crippen molar-refractivity contribution < 1.29 is 19.1 Å². The number of carbonyl (C=O) groups is 3. The van der Waals surface area contributed by atoms with Crippen molar-refractivity contribution in [1.29, 1.82) is 0 Å². The number of nitrogens with two attached hydrogens (primary N) is 1. The van der Waals surface area contributed by atoms with Crippen LogP contribution >= 0.6 is 23.2 Å². The van der Waals surface area contributed by atoms with Crippen molar-refractivity contribution >= 4 is 52.6 Å². The average Bonchev–Trinajstić information content (AvgIpc) is 2.94. The molecule has 4 N–H and O–H groups in total. The first-order valence-electron chi connectivity index (χ1n) is 12.9. The van der Waals surface area contributed by atoms with E-state index in [9.17, 15) is 14.4 Å². The molecule has 0 atom stereocenters. The molecule has 1 saturated heterocycles. The second-order valence-corrected chi connectivity index (χ2v) is 10.6. The number of anilines is 2. The van der Waals surface area contributed by atoms with E-state index < -0.39 is 17.4 Å². The fourth-order valence-electron chi connectivity index (χ4n) is 4.48. The Kier molecular flexibility index (Phi) is 9.46. The Bertz CT molecular complexity index is 1470. The molecule has 214 valence electrons. The van der Waals surface area contributed by atoms with Crippen LogP contribution in [-0.4, -0.2) is 46.4 Å². The van der Waals surface area contributed by atoms with Gasteiger partial charge in [0.2, 0.25) is 11.8 Å². The van der Waals surface area contributed by atoms with Crippen molar-refractivity contribution in [3.8, 4) is 17.0 Å². The highest BCUT2D eigenvalue weighted by Gasteiger charge is 2.32. The van der Waals surface area contributed by atoms with E-state index in [2.05, 4.69) is 27.2 Å². The lowest BCUT2D eigenvalue weighted by atomic mass is 9.89. The third-order valence-corrected chi connectivity index (χ3v) is 7.59. The van der Waals surface area contributed by atoms with Crippen molar-refractivity contribution in [2.24, 2.45) is 0 Å². The maximum absolute atomic E-state index is 12.7. The molecule has 2 aromatic carbocycles. The lowest BCUT2D eigenvalue weighted by Crippen LogP contribution is -2.54. The van der Waals surface area contributed by atoms with Crippen LogP contribution in [0.25, 0.3) is 11.3 Å². The van der Waals surface area contributed by atoms with Crippen molar-refractivity contribution in [2.75, 3.05) is 23.7 Å². The van der Waals surface area contributed by atoms with Gasteiger partial charge in [-0.1, -0.05) is 60.1 Å². The second-order valence-electron chi connectivity index (χ2n) is 9.85. The van der Waals surface area contributed by atoms with Crippen LogP contribution in [0.5, 0.6) is 5.75 Å². The third kappa shape index (κ3) is 7.53. The SMILES string of the molecule is C=CC(=O)Oc1ccccc1CNC(=O)CC(=O)NC1(C)CCN(c2cnc(-c3cccc(Cl)c3Cl)c(N)n2)CC1. The number of nitrogens with zero attached hydrogens (tertiary/aromatic N) is 3. The molecule has 0 bridgehead atoms. The largest absolute Gasteiger partial charge is 0.423 e. The van der Waals surface area contributed by atoms with Gasteiger partial charge in [0.1, 0.15) is 23.7 Å². The van der Waals surface area contributed by atoms with Gasteiger partial charge in [0.05, 0.1) is 16.2 Å². The molecule has 41 heavy (non-hydrogen) atoms. The summed E-state index contributed by atoms with van der Waals surface area (Å²) in [6.45, 7) is 6.65. The summed E-state index contributed by atoms with van der Waals surface area (Å²) in [6, 6.07) is 12.0. The number of ether oxygens (including phenoxy) is 1. The molecule has 4 rings (SSSR count). The molecule has 0 unspecified atom stereocenters. The Morgan fingerprint density at radius 1 is 1.12 bits per heavy atom. The van der Waals surface area contributed by atoms with Gasteiger partial charge in [0, 0.05) is 42.4 Å². The molecule has 0 spiro atoms. The van der Waals surface area contributed by atoms with Crippen molar-refractivity contribution in [3.63, 3.8) is 0 Å². The Morgan fingerprint density at radius 3 is 2.56 bits per heavy atom. The molecule has 0 saturated carbocycles. The number of esters is 1. The first-order valence-corrected chi connectivity index (χ1v) is 13.7. The standard InChI is InChI=1S/C29H30Cl2N6O4/c1-3-25(40)41-21-10-5-4-7-18(21)16-33-23(38)15-24(39)36-29(2)11-13-37(14-12-29)22-17-34-27(28(32)35-22)19-8-6-9-20(30)26(19)31/h3-10,17H,1,11-16H2,2H3,(H2,32,35)(H,33,38)(H,36,39). The molecular formula is C29H30Cl2N6O4. The fourth-order valence-corrected chi connectivity index (χ4v) is 4.87. The van der Waals surface area contributed by atoms with E-state index in [-0.39, 0.29) is 24.7 Å². The van der Waals surface area contributed by atoms with E-state index in [0.29, 0.717) is 64.4 Å². The fraction of sp³-hybridized carbons (Fsp3) is 0.276. The van der Waals surface area contributed by atoms with Gasteiger partial charge in [0.25, 0.3) is 0 Å². The quantitative estimate of drug-likeness (QED) is 0.144. The Hall–Kier alpha value is -4.15. The van der Waals surface area contributed by atoms with Gasteiger partial charge >= 0.3 is 5.97 Å². The Labute approximate surface area is 247 Å². The number of nitrogen functional groups attached to an aromatic ring is 1. The summed E-state index contributed by atoms with van der Waals surface area (Å²) in [7, 11) is 0. The normalized spacial score (nSPS) is 14.2. The van der Waals surface area contributed by atoms with Crippen LogP contribution in [0.4, 0.5) is 11.6 Å². The van der Waals surface area contributed by atoms with Crippen LogP contribution in [-0.2, 0) is 20.9 Å². The topological polar surface area (TPSA) is 140 Å². The zero-order chi connectivity index (χ0) is 29.6. The predicted octanol–water partition coefficient (Wildman–Crippen LogP) is 4.31. The van der Waals surface area contributed by atoms with E-state index in [1.165, 1.54) is 0 Å². The number of benzene rings is 2. The minimum absolute atomic E-state index is 0.103. The van der Waals surface area contributed by atoms with Gasteiger partial charge in [-0.25, -0.2) is 14.8 Å². The summed E-state index contributed by atoms with van der Waals surface area (Å²) in [5.41, 5.74) is 7.39. The highest BCUT2D eigenvalue weighted by molar-refractivity contribution is 6.43. The number of hydrogen-bond donors (Lipinski definition) is 3. The molecule has 10 nitrogen and oxygen atoms in total. The number of para-hydroxylation sites is 1. The molecule has 3 aromatic rings. The molecule has 1 fully saturated rings. The lowest BCUT2D eigenvalue weighted by Gasteiger charge is -2.40. The summed E-state index contributed by atoms with van der Waals surface area (Å²) in [4.78, 5) is 47.7. The lowest BCUT2D eigenvalue weighted by molar-refractivity contribution is -0.130. The molecule has 12 heteroatoms. The smallest absolute Gasteiger partial charge is 0.335 e. The molecule has 1 aliphatic rings. The van der Waals surface area contributed by atoms with Crippen molar-refractivity contribution in [1.82, 2.24) is 20.6 Å². The molecule has 1 aliphatic heterocycles. The highest BCUT2D eigenvalue weighted by atomic mass is 35.5. The number of nitrogens with one attached hydrogen (secondary N) is 2. The van der Waals surface area contributed by atoms with E-state index in [4.69, 9.17) is 33.7 Å². The van der Waals surface area contributed by atoms with Crippen LogP contribution in [0.1, 0.15) is 31.7 Å². The summed E-state index contributed by atoms with van der Waals surface area (Å²) < 4.78 is 5.19. The number of halogens is 2. The zero-order valence-corrected chi connectivity index (χ0v) is 24.0. The first kappa shape index (κ1) is 29.8. The average molecular weight is 598 g/mol. The van der Waals surface area contributed by atoms with Crippen molar-refractivity contribution in [2.45, 2.75) is 38.3 Å². The molecule has 2 amide bonds. The van der Waals surface area contributed by atoms with Gasteiger partial charge in [0.15, 0.2) is 5.82 Å². The zero-order valence-electron chi connectivity index (χ0n) is 22.5. The maximum Gasteiger partial charge on any atom is 0.335 e. The number of piperidine rings is 1. The van der Waals surface area contributed by atoms with Crippen LogP contribution < -0.4 is 26.0 Å². The number of carbonyl (C=O) groups excluding carboxylic acids is 3. The van der Waals surface area contributed by atoms with Crippen molar-refractivity contribution in [3.05, 3.63) is 76.9 Å². The van der Waals surface area contributed by atoms with Gasteiger partial charge in [-0.3, -0.25) is 9.59 Å². The van der Waals surface area contributed by atoms with E-state index in [1.807, 2.05) is 11.8 Å². The maximum atomic E-state index is 12.7. The van der Waals surface area contributed by atoms with Crippen LogP contribution in [0.15, 0.2) is 61.3 Å². The summed E-state index contributed by atoms with van der Waals surface area (Å²) in [5.74, 6) is -0.249. The summed E-state index contributed by atoms with van der Waals surface area (Å²) in [6.07, 6.45) is 3.63. The first-order chi connectivity index (χ1) is 19.6. The molecule has 2 heterocycles.